The van der Waals surface area contributed by atoms with E-state index in [1.165, 1.54) is 12.6 Å². The van der Waals surface area contributed by atoms with E-state index in [2.05, 4.69) is 16.8 Å². The first-order chi connectivity index (χ1) is 9.67. The first-order valence-corrected chi connectivity index (χ1v) is 7.37. The number of morpholine rings is 1. The van der Waals surface area contributed by atoms with Crippen LogP contribution in [-0.4, -0.2) is 42.7 Å². The number of likely N-dealkylation sites (N-methyl/N-ethyl adjacent to an activating group) is 1. The highest BCUT2D eigenvalue weighted by atomic mass is 19.1. The van der Waals surface area contributed by atoms with Gasteiger partial charge in [-0.3, -0.25) is 4.90 Å². The van der Waals surface area contributed by atoms with Gasteiger partial charge < -0.3 is 10.5 Å². The summed E-state index contributed by atoms with van der Waals surface area (Å²) in [6.07, 6.45) is 1.84. The lowest BCUT2D eigenvalue weighted by Crippen LogP contribution is -2.35. The summed E-state index contributed by atoms with van der Waals surface area (Å²) in [4.78, 5) is 6.04. The maximum Gasteiger partial charge on any atom is 0.141 e. The average molecular weight is 285 g/mol. The van der Waals surface area contributed by atoms with E-state index in [4.69, 9.17) is 10.5 Å². The van der Waals surface area contributed by atoms with Gasteiger partial charge in [0.05, 0.1) is 19.4 Å². The summed E-state index contributed by atoms with van der Waals surface area (Å²) in [7, 11) is 0. The van der Waals surface area contributed by atoms with Gasteiger partial charge in [0.1, 0.15) is 11.6 Å². The second-order valence-electron chi connectivity index (χ2n) is 4.10. The molecule has 2 heterocycles. The summed E-state index contributed by atoms with van der Waals surface area (Å²) in [6.45, 7) is 13.4. The number of aromatic nitrogens is 1. The topological polar surface area (TPSA) is 51.4 Å². The molecule has 1 aliphatic heterocycles. The molecule has 1 aliphatic rings. The summed E-state index contributed by atoms with van der Waals surface area (Å²) in [5.41, 5.74) is 6.19. The Morgan fingerprint density at radius 3 is 2.30 bits per heavy atom. The van der Waals surface area contributed by atoms with E-state index in [9.17, 15) is 4.39 Å². The minimum Gasteiger partial charge on any atom is -0.383 e. The molecule has 1 aromatic heterocycles. The number of rotatable bonds is 2. The molecule has 0 aromatic carbocycles. The predicted octanol–water partition coefficient (Wildman–Crippen LogP) is 2.73. The highest BCUT2D eigenvalue weighted by Gasteiger charge is 2.05. The smallest absolute Gasteiger partial charge is 0.141 e. The Labute approximate surface area is 122 Å². The van der Waals surface area contributed by atoms with Gasteiger partial charge in [-0.1, -0.05) is 27.7 Å². The van der Waals surface area contributed by atoms with E-state index in [-0.39, 0.29) is 5.82 Å². The molecule has 116 valence electrons. The highest BCUT2D eigenvalue weighted by Crippen LogP contribution is 2.09. The van der Waals surface area contributed by atoms with Crippen molar-refractivity contribution in [1.82, 2.24) is 9.88 Å². The molecular formula is C15H28FN3O. The van der Waals surface area contributed by atoms with Crippen LogP contribution in [-0.2, 0) is 11.2 Å². The molecule has 0 aliphatic carbocycles. The Bertz CT molecular complexity index is 355. The van der Waals surface area contributed by atoms with E-state index < -0.39 is 0 Å². The van der Waals surface area contributed by atoms with Gasteiger partial charge in [-0.05, 0) is 24.6 Å². The lowest BCUT2D eigenvalue weighted by molar-refractivity contribution is 0.0405. The largest absolute Gasteiger partial charge is 0.383 e. The van der Waals surface area contributed by atoms with Crippen molar-refractivity contribution in [1.29, 1.82) is 0 Å². The van der Waals surface area contributed by atoms with Crippen LogP contribution in [0, 0.1) is 5.82 Å². The average Bonchev–Trinajstić information content (AvgIpc) is 2.53. The zero-order valence-electron chi connectivity index (χ0n) is 13.2. The van der Waals surface area contributed by atoms with Gasteiger partial charge >= 0.3 is 0 Å². The number of nitrogen functional groups attached to an aromatic ring is 1. The number of hydrogen-bond donors (Lipinski definition) is 1. The van der Waals surface area contributed by atoms with E-state index in [0.717, 1.165) is 44.5 Å². The first kappa shape index (κ1) is 18.8. The number of pyridine rings is 1. The van der Waals surface area contributed by atoms with Crippen molar-refractivity contribution >= 4 is 5.82 Å². The maximum absolute atomic E-state index is 12.4. The van der Waals surface area contributed by atoms with Crippen LogP contribution >= 0.6 is 0 Å². The minimum atomic E-state index is -0.328. The number of anilines is 1. The zero-order valence-corrected chi connectivity index (χ0v) is 13.2. The van der Waals surface area contributed by atoms with Crippen LogP contribution in [0.5, 0.6) is 0 Å². The number of ether oxygens (including phenoxy) is 1. The van der Waals surface area contributed by atoms with Crippen molar-refractivity contribution in [2.45, 2.75) is 34.1 Å². The predicted molar refractivity (Wildman–Crippen MR) is 82.3 cm³/mol. The normalized spacial score (nSPS) is 14.7. The second kappa shape index (κ2) is 11.6. The molecule has 0 atom stereocenters. The van der Waals surface area contributed by atoms with Crippen LogP contribution in [0.15, 0.2) is 12.3 Å². The molecule has 0 spiro atoms. The van der Waals surface area contributed by atoms with Crippen molar-refractivity contribution in [2.75, 3.05) is 38.6 Å². The molecule has 0 unspecified atom stereocenters. The molecule has 1 aromatic rings. The van der Waals surface area contributed by atoms with Crippen molar-refractivity contribution in [3.63, 3.8) is 0 Å². The Kier molecular flexibility index (Phi) is 10.9. The standard InChI is InChI=1S/C7H9FN2.C6H13NO.C2H6/c1-2-5-3-6(8)4-10-7(5)9;1-2-7-3-5-8-6-4-7;1-2/h3-4H,2H2,1H3,(H2,9,10);2-6H2,1H3;1-2H3. The molecule has 2 N–H and O–H groups in total. The van der Waals surface area contributed by atoms with Crippen LogP contribution in [0.1, 0.15) is 33.3 Å². The van der Waals surface area contributed by atoms with E-state index >= 15 is 0 Å². The van der Waals surface area contributed by atoms with Crippen LogP contribution in [0.3, 0.4) is 0 Å². The number of nitrogens with zero attached hydrogens (tertiary/aromatic N) is 2. The fraction of sp³-hybridized carbons (Fsp3) is 0.667. The number of hydrogen-bond acceptors (Lipinski definition) is 4. The Morgan fingerprint density at radius 2 is 1.90 bits per heavy atom. The third-order valence-corrected chi connectivity index (χ3v) is 2.90. The summed E-state index contributed by atoms with van der Waals surface area (Å²) < 4.78 is 17.6. The molecule has 0 saturated carbocycles. The van der Waals surface area contributed by atoms with Crippen molar-refractivity contribution in [3.8, 4) is 0 Å². The van der Waals surface area contributed by atoms with Crippen molar-refractivity contribution < 1.29 is 9.13 Å². The third kappa shape index (κ3) is 7.40. The molecule has 20 heavy (non-hydrogen) atoms. The molecule has 0 radical (unpaired) electrons. The van der Waals surface area contributed by atoms with Crippen LogP contribution in [0.2, 0.25) is 0 Å². The molecule has 0 bridgehead atoms. The highest BCUT2D eigenvalue weighted by molar-refractivity contribution is 5.38. The van der Waals surface area contributed by atoms with Crippen molar-refractivity contribution in [2.24, 2.45) is 0 Å². The van der Waals surface area contributed by atoms with Crippen LogP contribution in [0.4, 0.5) is 10.2 Å². The second-order valence-corrected chi connectivity index (χ2v) is 4.10. The molecule has 0 amide bonds. The molecule has 1 saturated heterocycles. The first-order valence-electron chi connectivity index (χ1n) is 7.37. The van der Waals surface area contributed by atoms with E-state index in [1.54, 1.807) is 0 Å². The van der Waals surface area contributed by atoms with Gasteiger partial charge in [-0.2, -0.15) is 0 Å². The summed E-state index contributed by atoms with van der Waals surface area (Å²) in [5.74, 6) is 0.0925. The Morgan fingerprint density at radius 1 is 1.30 bits per heavy atom. The molecule has 5 heteroatoms. The lowest BCUT2D eigenvalue weighted by atomic mass is 10.2. The molecule has 2 rings (SSSR count). The van der Waals surface area contributed by atoms with Gasteiger partial charge in [-0.25, -0.2) is 9.37 Å². The summed E-state index contributed by atoms with van der Waals surface area (Å²) >= 11 is 0. The lowest BCUT2D eigenvalue weighted by Gasteiger charge is -2.24. The van der Waals surface area contributed by atoms with Gasteiger partial charge in [0.25, 0.3) is 0 Å². The summed E-state index contributed by atoms with van der Waals surface area (Å²) in [6, 6.07) is 1.41. The molecule has 4 nitrogen and oxygen atoms in total. The number of nitrogens with two attached hydrogens (primary N) is 1. The van der Waals surface area contributed by atoms with E-state index in [1.807, 2.05) is 20.8 Å². The molecular weight excluding hydrogens is 257 g/mol. The fourth-order valence-corrected chi connectivity index (χ4v) is 1.69. The Hall–Kier alpha value is -1.20. The van der Waals surface area contributed by atoms with Gasteiger partial charge in [0.2, 0.25) is 0 Å². The Balaban J connectivity index is 0.000000327. The minimum absolute atomic E-state index is 0.328. The SMILES string of the molecule is CC.CCN1CCOCC1.CCc1cc(F)cnc1N. The molecule has 1 fully saturated rings. The van der Waals surface area contributed by atoms with Crippen molar-refractivity contribution in [3.05, 3.63) is 23.6 Å². The van der Waals surface area contributed by atoms with Crippen LogP contribution in [0.25, 0.3) is 0 Å². The van der Waals surface area contributed by atoms with Gasteiger partial charge in [0, 0.05) is 13.1 Å². The number of halogens is 1. The summed E-state index contributed by atoms with van der Waals surface area (Å²) in [5, 5.41) is 0. The van der Waals surface area contributed by atoms with Crippen LogP contribution < -0.4 is 5.73 Å². The van der Waals surface area contributed by atoms with Gasteiger partial charge in [-0.15, -0.1) is 0 Å². The quantitative estimate of drug-likeness (QED) is 0.907. The van der Waals surface area contributed by atoms with E-state index in [0.29, 0.717) is 5.82 Å². The van der Waals surface area contributed by atoms with Gasteiger partial charge in [0.15, 0.2) is 0 Å². The zero-order chi connectivity index (χ0) is 15.4. The maximum atomic E-state index is 12.4. The number of aryl methyl sites for hydroxylation is 1. The third-order valence-electron chi connectivity index (χ3n) is 2.90. The monoisotopic (exact) mass is 285 g/mol. The fourth-order valence-electron chi connectivity index (χ4n) is 1.69.